The summed E-state index contributed by atoms with van der Waals surface area (Å²) in [4.78, 5) is 0. The average molecular weight is 247 g/mol. The summed E-state index contributed by atoms with van der Waals surface area (Å²) in [6.07, 6.45) is 2.27. The van der Waals surface area contributed by atoms with E-state index in [2.05, 4.69) is 5.32 Å². The van der Waals surface area contributed by atoms with Gasteiger partial charge in [-0.25, -0.2) is 4.39 Å². The Morgan fingerprint density at radius 2 is 2.06 bits per heavy atom. The topological polar surface area (TPSA) is 25.2 Å². The lowest BCUT2D eigenvalue weighted by Gasteiger charge is -2.17. The highest BCUT2D eigenvalue weighted by molar-refractivity contribution is 5.24. The van der Waals surface area contributed by atoms with E-state index < -0.39 is 0 Å². The minimum Gasteiger partial charge on any atom is -0.467 e. The molecule has 1 heterocycles. The highest BCUT2D eigenvalue weighted by Crippen LogP contribution is 2.23. The molecule has 1 aromatic carbocycles. The fourth-order valence-electron chi connectivity index (χ4n) is 2.13. The van der Waals surface area contributed by atoms with Crippen LogP contribution in [0.5, 0.6) is 0 Å². The Labute approximate surface area is 107 Å². The first kappa shape index (κ1) is 12.8. The summed E-state index contributed by atoms with van der Waals surface area (Å²) in [5, 5.41) is 3.34. The van der Waals surface area contributed by atoms with Gasteiger partial charge in [-0.2, -0.15) is 0 Å². The number of furan rings is 1. The van der Waals surface area contributed by atoms with Crippen LogP contribution in [0.25, 0.3) is 0 Å². The molecule has 2 nitrogen and oxygen atoms in total. The van der Waals surface area contributed by atoms with Crippen LogP contribution < -0.4 is 5.32 Å². The first-order chi connectivity index (χ1) is 8.72. The third-order valence-corrected chi connectivity index (χ3v) is 3.05. The van der Waals surface area contributed by atoms with Gasteiger partial charge in [0, 0.05) is 0 Å². The Balaban J connectivity index is 2.22. The largest absolute Gasteiger partial charge is 0.467 e. The number of hydrogen-bond donors (Lipinski definition) is 1. The predicted molar refractivity (Wildman–Crippen MR) is 70.0 cm³/mol. The van der Waals surface area contributed by atoms with E-state index in [9.17, 15) is 4.39 Å². The van der Waals surface area contributed by atoms with Crippen molar-refractivity contribution in [2.45, 2.75) is 26.3 Å². The van der Waals surface area contributed by atoms with Gasteiger partial charge in [-0.1, -0.05) is 25.1 Å². The van der Waals surface area contributed by atoms with E-state index in [0.717, 1.165) is 17.9 Å². The molecule has 1 aromatic heterocycles. The SMILES string of the molecule is CCNC(Cc1ccccc1F)c1occc1C. The molecule has 0 aliphatic rings. The average Bonchev–Trinajstić information content (AvgIpc) is 2.78. The second kappa shape index (κ2) is 5.83. The molecule has 0 saturated heterocycles. The maximum atomic E-state index is 13.7. The van der Waals surface area contributed by atoms with E-state index in [1.54, 1.807) is 12.3 Å². The standard InChI is InChI=1S/C15H18FNO/c1-3-17-14(15-11(2)8-9-18-15)10-12-6-4-5-7-13(12)16/h4-9,14,17H,3,10H2,1-2H3. The summed E-state index contributed by atoms with van der Waals surface area (Å²) < 4.78 is 19.2. The quantitative estimate of drug-likeness (QED) is 0.873. The van der Waals surface area contributed by atoms with Crippen LogP contribution in [-0.4, -0.2) is 6.54 Å². The van der Waals surface area contributed by atoms with Crippen molar-refractivity contribution in [3.63, 3.8) is 0 Å². The molecule has 1 N–H and O–H groups in total. The molecule has 0 fully saturated rings. The zero-order chi connectivity index (χ0) is 13.0. The van der Waals surface area contributed by atoms with Crippen molar-refractivity contribution in [3.05, 3.63) is 59.3 Å². The number of nitrogens with one attached hydrogen (secondary N) is 1. The molecule has 0 spiro atoms. The number of likely N-dealkylation sites (N-methyl/N-ethyl adjacent to an activating group) is 1. The minimum absolute atomic E-state index is 0.0156. The van der Waals surface area contributed by atoms with Gasteiger partial charge in [0.2, 0.25) is 0 Å². The van der Waals surface area contributed by atoms with Crippen LogP contribution >= 0.6 is 0 Å². The number of benzene rings is 1. The Bertz CT molecular complexity index is 507. The summed E-state index contributed by atoms with van der Waals surface area (Å²) >= 11 is 0. The number of aryl methyl sites for hydroxylation is 1. The Morgan fingerprint density at radius 1 is 1.28 bits per heavy atom. The molecule has 0 aliphatic heterocycles. The van der Waals surface area contributed by atoms with Crippen LogP contribution in [0, 0.1) is 12.7 Å². The molecule has 0 saturated carbocycles. The molecule has 3 heteroatoms. The molecule has 0 aliphatic carbocycles. The van der Waals surface area contributed by atoms with E-state index in [4.69, 9.17) is 4.42 Å². The summed E-state index contributed by atoms with van der Waals surface area (Å²) in [5.74, 6) is 0.727. The van der Waals surface area contributed by atoms with Gasteiger partial charge in [0.25, 0.3) is 0 Å². The van der Waals surface area contributed by atoms with Gasteiger partial charge in [-0.3, -0.25) is 0 Å². The molecule has 2 rings (SSSR count). The highest BCUT2D eigenvalue weighted by atomic mass is 19.1. The van der Waals surface area contributed by atoms with Gasteiger partial charge in [0.05, 0.1) is 12.3 Å². The van der Waals surface area contributed by atoms with Gasteiger partial charge in [0.1, 0.15) is 11.6 Å². The van der Waals surface area contributed by atoms with E-state index in [-0.39, 0.29) is 11.9 Å². The molecular formula is C15H18FNO. The fraction of sp³-hybridized carbons (Fsp3) is 0.333. The maximum Gasteiger partial charge on any atom is 0.126 e. The summed E-state index contributed by atoms with van der Waals surface area (Å²) in [5.41, 5.74) is 1.80. The van der Waals surface area contributed by atoms with Crippen LogP contribution in [0.4, 0.5) is 4.39 Å². The van der Waals surface area contributed by atoms with E-state index >= 15 is 0 Å². The van der Waals surface area contributed by atoms with E-state index in [1.807, 2.05) is 32.0 Å². The Hall–Kier alpha value is -1.61. The number of rotatable bonds is 5. The van der Waals surface area contributed by atoms with Crippen molar-refractivity contribution in [2.75, 3.05) is 6.54 Å². The van der Waals surface area contributed by atoms with Crippen molar-refractivity contribution >= 4 is 0 Å². The molecule has 96 valence electrons. The number of hydrogen-bond acceptors (Lipinski definition) is 2. The molecule has 0 bridgehead atoms. The maximum absolute atomic E-state index is 13.7. The first-order valence-corrected chi connectivity index (χ1v) is 6.23. The Kier molecular flexibility index (Phi) is 4.15. The zero-order valence-electron chi connectivity index (χ0n) is 10.7. The predicted octanol–water partition coefficient (Wildman–Crippen LogP) is 3.62. The second-order valence-corrected chi connectivity index (χ2v) is 4.37. The van der Waals surface area contributed by atoms with Crippen LogP contribution in [0.2, 0.25) is 0 Å². The van der Waals surface area contributed by atoms with Crippen molar-refractivity contribution in [3.8, 4) is 0 Å². The molecule has 18 heavy (non-hydrogen) atoms. The molecule has 1 atom stereocenters. The van der Waals surface area contributed by atoms with Crippen LogP contribution in [0.3, 0.4) is 0 Å². The summed E-state index contributed by atoms with van der Waals surface area (Å²) in [7, 11) is 0. The lowest BCUT2D eigenvalue weighted by Crippen LogP contribution is -2.23. The Morgan fingerprint density at radius 3 is 2.67 bits per heavy atom. The third kappa shape index (κ3) is 2.79. The monoisotopic (exact) mass is 247 g/mol. The van der Waals surface area contributed by atoms with Crippen LogP contribution in [0.1, 0.15) is 29.9 Å². The molecule has 1 unspecified atom stereocenters. The normalized spacial score (nSPS) is 12.6. The van der Waals surface area contributed by atoms with Gasteiger partial charge in [-0.05, 0) is 43.1 Å². The van der Waals surface area contributed by atoms with Crippen LogP contribution in [0.15, 0.2) is 41.0 Å². The first-order valence-electron chi connectivity index (χ1n) is 6.23. The van der Waals surface area contributed by atoms with E-state index in [0.29, 0.717) is 12.0 Å². The summed E-state index contributed by atoms with van der Waals surface area (Å²) in [6, 6.07) is 8.82. The van der Waals surface area contributed by atoms with Crippen molar-refractivity contribution in [1.82, 2.24) is 5.32 Å². The fourth-order valence-corrected chi connectivity index (χ4v) is 2.13. The second-order valence-electron chi connectivity index (χ2n) is 4.37. The van der Waals surface area contributed by atoms with Gasteiger partial charge < -0.3 is 9.73 Å². The third-order valence-electron chi connectivity index (χ3n) is 3.05. The number of halogens is 1. The van der Waals surface area contributed by atoms with Gasteiger partial charge in [-0.15, -0.1) is 0 Å². The van der Waals surface area contributed by atoms with Gasteiger partial charge in [0.15, 0.2) is 0 Å². The van der Waals surface area contributed by atoms with Crippen molar-refractivity contribution < 1.29 is 8.81 Å². The lowest BCUT2D eigenvalue weighted by atomic mass is 10.0. The smallest absolute Gasteiger partial charge is 0.126 e. The van der Waals surface area contributed by atoms with Gasteiger partial charge >= 0.3 is 0 Å². The van der Waals surface area contributed by atoms with E-state index in [1.165, 1.54) is 6.07 Å². The highest BCUT2D eigenvalue weighted by Gasteiger charge is 2.18. The molecule has 2 aromatic rings. The lowest BCUT2D eigenvalue weighted by molar-refractivity contribution is 0.410. The molecule has 0 amide bonds. The summed E-state index contributed by atoms with van der Waals surface area (Å²) in [6.45, 7) is 4.86. The van der Waals surface area contributed by atoms with Crippen molar-refractivity contribution in [1.29, 1.82) is 0 Å². The van der Waals surface area contributed by atoms with Crippen LogP contribution in [-0.2, 0) is 6.42 Å². The molecular weight excluding hydrogens is 229 g/mol. The minimum atomic E-state index is -0.162. The zero-order valence-corrected chi connectivity index (χ0v) is 10.7. The molecule has 0 radical (unpaired) electrons. The van der Waals surface area contributed by atoms with Crippen molar-refractivity contribution in [2.24, 2.45) is 0 Å².